The fourth-order valence-corrected chi connectivity index (χ4v) is 1.39. The number of carbonyl (C=O) groups is 1. The van der Waals surface area contributed by atoms with Crippen molar-refractivity contribution in [1.29, 1.82) is 0 Å². The predicted molar refractivity (Wildman–Crippen MR) is 54.1 cm³/mol. The SMILES string of the molecule is NC(Cc1ccc2oc(=O)oc2c1)C(=O)O. The van der Waals surface area contributed by atoms with Gasteiger partial charge >= 0.3 is 11.8 Å². The van der Waals surface area contributed by atoms with E-state index in [1.165, 1.54) is 0 Å². The van der Waals surface area contributed by atoms with E-state index >= 15 is 0 Å². The minimum Gasteiger partial charge on any atom is -0.480 e. The summed E-state index contributed by atoms with van der Waals surface area (Å²) in [6, 6.07) is 3.76. The highest BCUT2D eigenvalue weighted by molar-refractivity contribution is 5.74. The maximum absolute atomic E-state index is 10.8. The molecule has 1 unspecified atom stereocenters. The van der Waals surface area contributed by atoms with Gasteiger partial charge in [-0.15, -0.1) is 0 Å². The summed E-state index contributed by atoms with van der Waals surface area (Å²) < 4.78 is 9.45. The van der Waals surface area contributed by atoms with Gasteiger partial charge in [0.15, 0.2) is 11.2 Å². The van der Waals surface area contributed by atoms with Gasteiger partial charge in [0.1, 0.15) is 6.04 Å². The molecule has 6 nitrogen and oxygen atoms in total. The molecule has 2 rings (SSSR count). The summed E-state index contributed by atoms with van der Waals surface area (Å²) >= 11 is 0. The van der Waals surface area contributed by atoms with E-state index in [0.29, 0.717) is 16.7 Å². The van der Waals surface area contributed by atoms with Crippen LogP contribution in [0.15, 0.2) is 31.8 Å². The van der Waals surface area contributed by atoms with Crippen molar-refractivity contribution in [2.24, 2.45) is 5.73 Å². The van der Waals surface area contributed by atoms with Gasteiger partial charge in [0, 0.05) is 0 Å². The van der Waals surface area contributed by atoms with Crippen molar-refractivity contribution >= 4 is 17.1 Å². The van der Waals surface area contributed by atoms with Crippen molar-refractivity contribution in [2.75, 3.05) is 0 Å². The number of nitrogens with two attached hydrogens (primary N) is 1. The number of benzene rings is 1. The van der Waals surface area contributed by atoms with E-state index in [2.05, 4.69) is 0 Å². The Morgan fingerprint density at radius 3 is 2.75 bits per heavy atom. The van der Waals surface area contributed by atoms with Crippen molar-refractivity contribution in [3.8, 4) is 0 Å². The highest BCUT2D eigenvalue weighted by atomic mass is 16.6. The lowest BCUT2D eigenvalue weighted by atomic mass is 10.1. The topological polar surface area (TPSA) is 107 Å². The fourth-order valence-electron chi connectivity index (χ4n) is 1.39. The highest BCUT2D eigenvalue weighted by Crippen LogP contribution is 2.15. The largest absolute Gasteiger partial charge is 0.519 e. The van der Waals surface area contributed by atoms with E-state index in [4.69, 9.17) is 19.7 Å². The van der Waals surface area contributed by atoms with Gasteiger partial charge in [0.2, 0.25) is 0 Å². The molecule has 0 spiro atoms. The zero-order valence-electron chi connectivity index (χ0n) is 8.17. The summed E-state index contributed by atoms with van der Waals surface area (Å²) in [7, 11) is 0. The van der Waals surface area contributed by atoms with Gasteiger partial charge < -0.3 is 19.7 Å². The van der Waals surface area contributed by atoms with Crippen LogP contribution in [0, 0.1) is 0 Å². The molecular weight excluding hydrogens is 214 g/mol. The third-order valence-corrected chi connectivity index (χ3v) is 2.17. The Bertz CT molecular complexity index is 582. The van der Waals surface area contributed by atoms with Crippen LogP contribution < -0.4 is 11.6 Å². The maximum Gasteiger partial charge on any atom is 0.519 e. The van der Waals surface area contributed by atoms with Gasteiger partial charge in [-0.05, 0) is 24.1 Å². The first-order valence-electron chi connectivity index (χ1n) is 4.57. The summed E-state index contributed by atoms with van der Waals surface area (Å²) in [5.41, 5.74) is 6.68. The van der Waals surface area contributed by atoms with Gasteiger partial charge in [-0.1, -0.05) is 6.07 Å². The smallest absolute Gasteiger partial charge is 0.480 e. The lowest BCUT2D eigenvalue weighted by molar-refractivity contribution is -0.138. The predicted octanol–water partition coefficient (Wildman–Crippen LogP) is 0.340. The molecule has 0 bridgehead atoms. The molecular formula is C10H9NO5. The Hall–Kier alpha value is -2.08. The van der Waals surface area contributed by atoms with Crippen LogP contribution >= 0.6 is 0 Å². The first-order valence-corrected chi connectivity index (χ1v) is 4.57. The Morgan fingerprint density at radius 1 is 1.38 bits per heavy atom. The Kier molecular flexibility index (Phi) is 2.49. The summed E-state index contributed by atoms with van der Waals surface area (Å²) in [6.07, 6.45) is 0.167. The molecule has 1 aromatic heterocycles. The van der Waals surface area contributed by atoms with E-state index in [-0.39, 0.29) is 6.42 Å². The fraction of sp³-hybridized carbons (Fsp3) is 0.200. The van der Waals surface area contributed by atoms with Crippen LogP contribution in [0.2, 0.25) is 0 Å². The van der Waals surface area contributed by atoms with E-state index < -0.39 is 17.8 Å². The summed E-state index contributed by atoms with van der Waals surface area (Å²) in [6.45, 7) is 0. The van der Waals surface area contributed by atoms with Gasteiger partial charge in [-0.3, -0.25) is 4.79 Å². The minimum absolute atomic E-state index is 0.167. The van der Waals surface area contributed by atoms with Gasteiger partial charge in [0.25, 0.3) is 0 Å². The molecule has 1 heterocycles. The Balaban J connectivity index is 2.32. The van der Waals surface area contributed by atoms with Gasteiger partial charge in [-0.2, -0.15) is 0 Å². The maximum atomic E-state index is 10.8. The zero-order chi connectivity index (χ0) is 11.7. The number of hydrogen-bond acceptors (Lipinski definition) is 5. The molecule has 0 fully saturated rings. The normalized spacial score (nSPS) is 12.8. The number of hydrogen-bond donors (Lipinski definition) is 2. The van der Waals surface area contributed by atoms with Crippen molar-refractivity contribution in [1.82, 2.24) is 0 Å². The van der Waals surface area contributed by atoms with E-state index in [1.54, 1.807) is 18.2 Å². The molecule has 1 aromatic carbocycles. The molecule has 0 aliphatic rings. The molecule has 6 heteroatoms. The van der Waals surface area contributed by atoms with Crippen LogP contribution in [-0.4, -0.2) is 17.1 Å². The van der Waals surface area contributed by atoms with Crippen LogP contribution in [0.25, 0.3) is 11.2 Å². The lowest BCUT2D eigenvalue weighted by Crippen LogP contribution is -2.32. The van der Waals surface area contributed by atoms with Crippen LogP contribution in [0.4, 0.5) is 0 Å². The highest BCUT2D eigenvalue weighted by Gasteiger charge is 2.13. The van der Waals surface area contributed by atoms with Crippen LogP contribution in [-0.2, 0) is 11.2 Å². The number of aliphatic carboxylic acids is 1. The van der Waals surface area contributed by atoms with Crippen molar-refractivity contribution in [3.63, 3.8) is 0 Å². The molecule has 3 N–H and O–H groups in total. The summed E-state index contributed by atoms with van der Waals surface area (Å²) in [4.78, 5) is 21.3. The first-order chi connectivity index (χ1) is 7.56. The standard InChI is InChI=1S/C10H9NO5/c11-6(9(12)13)3-5-1-2-7-8(4-5)16-10(14)15-7/h1-2,4,6H,3,11H2,(H,12,13). The van der Waals surface area contributed by atoms with Crippen molar-refractivity contribution in [3.05, 3.63) is 34.4 Å². The molecule has 0 aliphatic carbocycles. The third-order valence-electron chi connectivity index (χ3n) is 2.17. The van der Waals surface area contributed by atoms with Gasteiger partial charge in [-0.25, -0.2) is 4.79 Å². The Labute approximate surface area is 89.3 Å². The third kappa shape index (κ3) is 1.96. The molecule has 0 amide bonds. The first kappa shape index (κ1) is 10.4. The monoisotopic (exact) mass is 223 g/mol. The quantitative estimate of drug-likeness (QED) is 0.776. The number of fused-ring (bicyclic) bond motifs is 1. The van der Waals surface area contributed by atoms with Crippen molar-refractivity contribution < 1.29 is 18.7 Å². The summed E-state index contributed by atoms with van der Waals surface area (Å²) in [5.74, 6) is -1.86. The molecule has 16 heavy (non-hydrogen) atoms. The second-order valence-corrected chi connectivity index (χ2v) is 3.38. The van der Waals surface area contributed by atoms with Crippen LogP contribution in [0.1, 0.15) is 5.56 Å². The van der Waals surface area contributed by atoms with E-state index in [0.717, 1.165) is 0 Å². The molecule has 2 aromatic rings. The molecule has 1 atom stereocenters. The summed E-state index contributed by atoms with van der Waals surface area (Å²) in [5, 5.41) is 8.64. The average molecular weight is 223 g/mol. The molecule has 84 valence electrons. The number of carboxylic acids is 1. The zero-order valence-corrected chi connectivity index (χ0v) is 8.17. The second-order valence-electron chi connectivity index (χ2n) is 3.38. The number of carboxylic acid groups (broad SMARTS) is 1. The minimum atomic E-state index is -1.08. The van der Waals surface area contributed by atoms with Crippen LogP contribution in [0.5, 0.6) is 0 Å². The second kappa shape index (κ2) is 3.82. The van der Waals surface area contributed by atoms with Crippen LogP contribution in [0.3, 0.4) is 0 Å². The molecule has 0 saturated carbocycles. The van der Waals surface area contributed by atoms with E-state index in [1.807, 2.05) is 0 Å². The molecule has 0 aliphatic heterocycles. The average Bonchev–Trinajstić information content (AvgIpc) is 2.57. The number of rotatable bonds is 3. The molecule has 0 radical (unpaired) electrons. The molecule has 0 saturated heterocycles. The Morgan fingerprint density at radius 2 is 2.06 bits per heavy atom. The lowest BCUT2D eigenvalue weighted by Gasteiger charge is -2.05. The van der Waals surface area contributed by atoms with Gasteiger partial charge in [0.05, 0.1) is 0 Å². The van der Waals surface area contributed by atoms with E-state index in [9.17, 15) is 9.59 Å². The van der Waals surface area contributed by atoms with Crippen molar-refractivity contribution in [2.45, 2.75) is 12.5 Å².